The van der Waals surface area contributed by atoms with Crippen LogP contribution in [-0.2, 0) is 14.8 Å². The standard InChI is InChI=1S/C20H22Cl2N2O5S/c21-15-3-8-19(18(22)13-15)29-14-20(25)23-9-12-28-16-4-6-17(7-5-16)30(26,27)24-10-1-2-11-24/h3-8,13H,1-2,9-12,14H2,(H,23,25). The minimum atomic E-state index is -3.44. The summed E-state index contributed by atoms with van der Waals surface area (Å²) in [7, 11) is -3.44. The van der Waals surface area contributed by atoms with Crippen LogP contribution in [0.25, 0.3) is 0 Å². The summed E-state index contributed by atoms with van der Waals surface area (Å²) in [5, 5.41) is 3.48. The van der Waals surface area contributed by atoms with Crippen molar-refractivity contribution in [3.05, 3.63) is 52.5 Å². The Morgan fingerprint density at radius 2 is 1.73 bits per heavy atom. The molecule has 0 aliphatic carbocycles. The van der Waals surface area contributed by atoms with Gasteiger partial charge in [0.25, 0.3) is 5.91 Å². The number of nitrogens with zero attached hydrogens (tertiary/aromatic N) is 1. The number of benzene rings is 2. The minimum Gasteiger partial charge on any atom is -0.492 e. The first-order chi connectivity index (χ1) is 14.4. The molecule has 0 atom stereocenters. The van der Waals surface area contributed by atoms with E-state index in [2.05, 4.69) is 5.32 Å². The number of amides is 1. The molecule has 7 nitrogen and oxygen atoms in total. The van der Waals surface area contributed by atoms with Crippen molar-refractivity contribution in [3.8, 4) is 11.5 Å². The molecule has 2 aromatic carbocycles. The molecule has 10 heteroatoms. The molecule has 0 spiro atoms. The van der Waals surface area contributed by atoms with E-state index in [1.165, 1.54) is 22.5 Å². The number of hydrogen-bond acceptors (Lipinski definition) is 5. The van der Waals surface area contributed by atoms with E-state index in [4.69, 9.17) is 32.7 Å². The molecule has 3 rings (SSSR count). The largest absolute Gasteiger partial charge is 0.492 e. The van der Waals surface area contributed by atoms with E-state index in [-0.39, 0.29) is 30.6 Å². The van der Waals surface area contributed by atoms with Gasteiger partial charge in [0, 0.05) is 18.1 Å². The van der Waals surface area contributed by atoms with Gasteiger partial charge in [0.1, 0.15) is 18.1 Å². The highest BCUT2D eigenvalue weighted by atomic mass is 35.5. The molecule has 1 aliphatic heterocycles. The first-order valence-corrected chi connectivity index (χ1v) is 11.6. The highest BCUT2D eigenvalue weighted by Gasteiger charge is 2.26. The number of ether oxygens (including phenoxy) is 2. The molecule has 1 heterocycles. The Hall–Kier alpha value is -2.00. The lowest BCUT2D eigenvalue weighted by Gasteiger charge is -2.15. The summed E-state index contributed by atoms with van der Waals surface area (Å²) in [6.07, 6.45) is 1.79. The maximum atomic E-state index is 12.5. The van der Waals surface area contributed by atoms with E-state index >= 15 is 0 Å². The maximum absolute atomic E-state index is 12.5. The van der Waals surface area contributed by atoms with Crippen molar-refractivity contribution in [2.75, 3.05) is 32.8 Å². The number of nitrogens with one attached hydrogen (secondary N) is 1. The van der Waals surface area contributed by atoms with Crippen LogP contribution in [0.1, 0.15) is 12.8 Å². The fraction of sp³-hybridized carbons (Fsp3) is 0.350. The number of halogens is 2. The monoisotopic (exact) mass is 472 g/mol. The molecule has 0 bridgehead atoms. The molecule has 0 saturated carbocycles. The summed E-state index contributed by atoms with van der Waals surface area (Å²) in [5.41, 5.74) is 0. The Labute approximate surface area is 185 Å². The van der Waals surface area contributed by atoms with Crippen LogP contribution < -0.4 is 14.8 Å². The lowest BCUT2D eigenvalue weighted by atomic mass is 10.3. The highest BCUT2D eigenvalue weighted by molar-refractivity contribution is 7.89. The second-order valence-electron chi connectivity index (χ2n) is 6.64. The van der Waals surface area contributed by atoms with Crippen LogP contribution >= 0.6 is 23.2 Å². The quantitative estimate of drug-likeness (QED) is 0.565. The van der Waals surface area contributed by atoms with E-state index in [9.17, 15) is 13.2 Å². The van der Waals surface area contributed by atoms with Gasteiger partial charge >= 0.3 is 0 Å². The fourth-order valence-electron chi connectivity index (χ4n) is 2.93. The Bertz CT molecular complexity index is 977. The van der Waals surface area contributed by atoms with Gasteiger partial charge in [-0.1, -0.05) is 23.2 Å². The van der Waals surface area contributed by atoms with Gasteiger partial charge in [-0.05, 0) is 55.3 Å². The normalized spacial score (nSPS) is 14.5. The summed E-state index contributed by atoms with van der Waals surface area (Å²) in [6.45, 7) is 1.43. The van der Waals surface area contributed by atoms with Crippen LogP contribution in [0, 0.1) is 0 Å². The highest BCUT2D eigenvalue weighted by Crippen LogP contribution is 2.27. The zero-order valence-electron chi connectivity index (χ0n) is 16.1. The molecular weight excluding hydrogens is 451 g/mol. The Morgan fingerprint density at radius 3 is 2.40 bits per heavy atom. The molecule has 1 N–H and O–H groups in total. The van der Waals surface area contributed by atoms with Crippen LogP contribution in [-0.4, -0.2) is 51.5 Å². The van der Waals surface area contributed by atoms with Gasteiger partial charge in [0.15, 0.2) is 6.61 Å². The molecule has 0 radical (unpaired) electrons. The molecule has 0 aromatic heterocycles. The van der Waals surface area contributed by atoms with Crippen molar-refractivity contribution in [2.24, 2.45) is 0 Å². The van der Waals surface area contributed by atoms with E-state index in [1.54, 1.807) is 24.3 Å². The molecule has 1 aliphatic rings. The van der Waals surface area contributed by atoms with E-state index in [0.29, 0.717) is 34.6 Å². The van der Waals surface area contributed by atoms with Crippen molar-refractivity contribution in [3.63, 3.8) is 0 Å². The van der Waals surface area contributed by atoms with Crippen LogP contribution in [0.2, 0.25) is 10.0 Å². The maximum Gasteiger partial charge on any atom is 0.258 e. The minimum absolute atomic E-state index is 0.190. The summed E-state index contributed by atoms with van der Waals surface area (Å²) in [6, 6.07) is 11.0. The third-order valence-corrected chi connectivity index (χ3v) is 6.92. The average molecular weight is 473 g/mol. The molecule has 0 unspecified atom stereocenters. The molecule has 1 saturated heterocycles. The fourth-order valence-corrected chi connectivity index (χ4v) is 4.91. The van der Waals surface area contributed by atoms with Crippen molar-refractivity contribution < 1.29 is 22.7 Å². The van der Waals surface area contributed by atoms with Crippen molar-refractivity contribution in [1.82, 2.24) is 9.62 Å². The number of rotatable bonds is 9. The second-order valence-corrected chi connectivity index (χ2v) is 9.43. The first kappa shape index (κ1) is 22.7. The molecule has 2 aromatic rings. The van der Waals surface area contributed by atoms with Crippen molar-refractivity contribution >= 4 is 39.1 Å². The first-order valence-electron chi connectivity index (χ1n) is 9.44. The lowest BCUT2D eigenvalue weighted by molar-refractivity contribution is -0.123. The zero-order chi connectivity index (χ0) is 21.6. The predicted molar refractivity (Wildman–Crippen MR) is 115 cm³/mol. The predicted octanol–water partition coefficient (Wildman–Crippen LogP) is 3.35. The molecule has 1 amide bonds. The van der Waals surface area contributed by atoms with Gasteiger partial charge in [0.05, 0.1) is 16.5 Å². The van der Waals surface area contributed by atoms with E-state index in [1.807, 2.05) is 0 Å². The van der Waals surface area contributed by atoms with Gasteiger partial charge in [0.2, 0.25) is 10.0 Å². The average Bonchev–Trinajstić information content (AvgIpc) is 3.27. The Morgan fingerprint density at radius 1 is 1.03 bits per heavy atom. The van der Waals surface area contributed by atoms with Gasteiger partial charge in [-0.3, -0.25) is 4.79 Å². The van der Waals surface area contributed by atoms with Gasteiger partial charge in [-0.15, -0.1) is 0 Å². The molecular formula is C20H22Cl2N2O5S. The van der Waals surface area contributed by atoms with Crippen LogP contribution in [0.4, 0.5) is 0 Å². The molecule has 162 valence electrons. The van der Waals surface area contributed by atoms with Gasteiger partial charge in [-0.25, -0.2) is 8.42 Å². The number of carbonyl (C=O) groups excluding carboxylic acids is 1. The van der Waals surface area contributed by atoms with Crippen LogP contribution in [0.15, 0.2) is 47.4 Å². The molecule has 30 heavy (non-hydrogen) atoms. The summed E-state index contributed by atoms with van der Waals surface area (Å²) in [4.78, 5) is 12.1. The van der Waals surface area contributed by atoms with Crippen LogP contribution in [0.5, 0.6) is 11.5 Å². The lowest BCUT2D eigenvalue weighted by Crippen LogP contribution is -2.32. The van der Waals surface area contributed by atoms with Gasteiger partial charge in [-0.2, -0.15) is 4.31 Å². The number of hydrogen-bond donors (Lipinski definition) is 1. The SMILES string of the molecule is O=C(COc1ccc(Cl)cc1Cl)NCCOc1ccc(S(=O)(=O)N2CCCC2)cc1. The van der Waals surface area contributed by atoms with Crippen molar-refractivity contribution in [2.45, 2.75) is 17.7 Å². The Balaban J connectivity index is 1.39. The van der Waals surface area contributed by atoms with Crippen molar-refractivity contribution in [1.29, 1.82) is 0 Å². The van der Waals surface area contributed by atoms with Crippen LogP contribution in [0.3, 0.4) is 0 Å². The second kappa shape index (κ2) is 10.3. The molecule has 1 fully saturated rings. The smallest absolute Gasteiger partial charge is 0.258 e. The number of sulfonamides is 1. The topological polar surface area (TPSA) is 84.9 Å². The zero-order valence-corrected chi connectivity index (χ0v) is 18.5. The number of carbonyl (C=O) groups is 1. The summed E-state index contributed by atoms with van der Waals surface area (Å²) in [5.74, 6) is 0.571. The van der Waals surface area contributed by atoms with E-state index in [0.717, 1.165) is 12.8 Å². The third-order valence-electron chi connectivity index (χ3n) is 4.47. The van der Waals surface area contributed by atoms with Gasteiger partial charge < -0.3 is 14.8 Å². The summed E-state index contributed by atoms with van der Waals surface area (Å²) >= 11 is 11.8. The summed E-state index contributed by atoms with van der Waals surface area (Å²) < 4.78 is 37.4. The third kappa shape index (κ3) is 6.01. The van der Waals surface area contributed by atoms with E-state index < -0.39 is 10.0 Å². The Kier molecular flexibility index (Phi) is 7.82.